The minimum absolute atomic E-state index is 0.0981. The van der Waals surface area contributed by atoms with Crippen LogP contribution in [0.25, 0.3) is 22.2 Å². The number of imidazole rings is 2. The zero-order valence-electron chi connectivity index (χ0n) is 24.0. The lowest BCUT2D eigenvalue weighted by Crippen LogP contribution is -2.39. The van der Waals surface area contributed by atoms with E-state index in [1.54, 1.807) is 6.33 Å². The van der Waals surface area contributed by atoms with Gasteiger partial charge in [0.25, 0.3) is 0 Å². The number of fused-ring (bicyclic) bond motifs is 3. The van der Waals surface area contributed by atoms with Crippen LogP contribution in [-0.4, -0.2) is 85.2 Å². The van der Waals surface area contributed by atoms with Gasteiger partial charge in [-0.1, -0.05) is 26.8 Å². The minimum atomic E-state index is -0.706. The van der Waals surface area contributed by atoms with E-state index in [1.807, 2.05) is 18.4 Å². The Morgan fingerprint density at radius 3 is 2.75 bits per heavy atom. The van der Waals surface area contributed by atoms with Crippen molar-refractivity contribution >= 4 is 34.0 Å². The molecule has 1 aromatic carbocycles. The molecule has 3 aromatic heterocycles. The summed E-state index contributed by atoms with van der Waals surface area (Å²) >= 11 is 0. The molecule has 12 nitrogen and oxygen atoms in total. The van der Waals surface area contributed by atoms with Gasteiger partial charge in [-0.25, -0.2) is 19.9 Å². The summed E-state index contributed by atoms with van der Waals surface area (Å²) in [6, 6.07) is 6.42. The van der Waals surface area contributed by atoms with Crippen LogP contribution in [0.1, 0.15) is 52.8 Å². The van der Waals surface area contributed by atoms with E-state index in [1.165, 1.54) is 11.9 Å². The summed E-state index contributed by atoms with van der Waals surface area (Å²) in [6.07, 6.45) is 2.94. The van der Waals surface area contributed by atoms with E-state index in [-0.39, 0.29) is 23.7 Å². The van der Waals surface area contributed by atoms with Crippen molar-refractivity contribution in [3.63, 3.8) is 0 Å². The first kappa shape index (κ1) is 26.9. The van der Waals surface area contributed by atoms with Crippen LogP contribution in [0.15, 0.2) is 30.9 Å². The molecule has 6 rings (SSSR count). The second-order valence-electron chi connectivity index (χ2n) is 12.3. The number of aromatic amines is 1. The molecule has 0 radical (unpaired) electrons. The van der Waals surface area contributed by atoms with Crippen molar-refractivity contribution in [2.24, 2.45) is 0 Å². The van der Waals surface area contributed by atoms with Gasteiger partial charge in [-0.15, -0.1) is 0 Å². The number of nitrogen functional groups attached to an aromatic ring is 1. The Kier molecular flexibility index (Phi) is 6.68. The molecule has 4 N–H and O–H groups in total. The lowest BCUT2D eigenvalue weighted by molar-refractivity contribution is -0.197. The summed E-state index contributed by atoms with van der Waals surface area (Å²) in [5.74, 6) is 0.427. The Bertz CT molecular complexity index is 1510. The number of anilines is 2. The third kappa shape index (κ3) is 5.12. The molecule has 0 spiro atoms. The Labute approximate surface area is 233 Å². The summed E-state index contributed by atoms with van der Waals surface area (Å²) in [5.41, 5.74) is 10.6. The highest BCUT2D eigenvalue weighted by Gasteiger charge is 2.56. The highest BCUT2D eigenvalue weighted by atomic mass is 16.8. The van der Waals surface area contributed by atoms with E-state index in [4.69, 9.17) is 24.9 Å². The standard InChI is InChI=1S/C28H39N9O3/c1-27(2,3)16-8-9-17-18(12-16)35-26(34-17)30-10-7-11-36(6)13-19-21-22(40-28(4,5)39-21)25(38-19)37-15-33-20-23(29)31-14-32-24(20)37/h8-9,12,14-15,19,21-22,25H,7,10-11,13H2,1-6H3,(H2,29,31,32)(H2,30,34,35)/t19-,21-,22-,25?/m1/s1. The van der Waals surface area contributed by atoms with Crippen LogP contribution in [0.2, 0.25) is 0 Å². The molecule has 40 heavy (non-hydrogen) atoms. The minimum Gasteiger partial charge on any atom is -0.382 e. The molecule has 0 amide bonds. The molecule has 2 aliphatic heterocycles. The van der Waals surface area contributed by atoms with Crippen LogP contribution in [0.4, 0.5) is 11.8 Å². The molecule has 4 atom stereocenters. The summed E-state index contributed by atoms with van der Waals surface area (Å²) in [4.78, 5) is 23.2. The van der Waals surface area contributed by atoms with Gasteiger partial charge in [0.05, 0.1) is 17.4 Å². The van der Waals surface area contributed by atoms with Crippen LogP contribution in [0.5, 0.6) is 0 Å². The molecule has 0 bridgehead atoms. The number of hydrogen-bond donors (Lipinski definition) is 3. The van der Waals surface area contributed by atoms with E-state index in [0.717, 1.165) is 36.5 Å². The van der Waals surface area contributed by atoms with Crippen LogP contribution in [0, 0.1) is 0 Å². The number of nitrogens with two attached hydrogens (primary N) is 1. The van der Waals surface area contributed by atoms with Crippen molar-refractivity contribution in [1.82, 2.24) is 34.4 Å². The van der Waals surface area contributed by atoms with Crippen LogP contribution in [0.3, 0.4) is 0 Å². The van der Waals surface area contributed by atoms with Crippen molar-refractivity contribution in [2.75, 3.05) is 37.7 Å². The van der Waals surface area contributed by atoms with Crippen molar-refractivity contribution in [2.45, 2.75) is 76.8 Å². The summed E-state index contributed by atoms with van der Waals surface area (Å²) < 4.78 is 21.0. The number of nitrogens with one attached hydrogen (secondary N) is 2. The molecule has 1 unspecified atom stereocenters. The van der Waals surface area contributed by atoms with Gasteiger partial charge < -0.3 is 35.1 Å². The maximum absolute atomic E-state index is 6.53. The van der Waals surface area contributed by atoms with Gasteiger partial charge in [-0.05, 0) is 57.0 Å². The number of rotatable bonds is 8. The first-order chi connectivity index (χ1) is 19.0. The van der Waals surface area contributed by atoms with Crippen molar-refractivity contribution < 1.29 is 14.2 Å². The average Bonchev–Trinajstić information content (AvgIpc) is 3.63. The molecule has 5 heterocycles. The van der Waals surface area contributed by atoms with Gasteiger partial charge in [0, 0.05) is 13.1 Å². The van der Waals surface area contributed by atoms with E-state index >= 15 is 0 Å². The quantitative estimate of drug-likeness (QED) is 0.280. The van der Waals surface area contributed by atoms with Gasteiger partial charge in [-0.2, -0.15) is 0 Å². The highest BCUT2D eigenvalue weighted by molar-refractivity contribution is 5.81. The topological polar surface area (TPSA) is 141 Å². The van der Waals surface area contributed by atoms with E-state index in [9.17, 15) is 0 Å². The molecule has 2 fully saturated rings. The number of likely N-dealkylation sites (N-methyl/N-ethyl adjacent to an activating group) is 1. The van der Waals surface area contributed by atoms with E-state index in [2.05, 4.69) is 76.2 Å². The third-order valence-electron chi connectivity index (χ3n) is 7.64. The van der Waals surface area contributed by atoms with Crippen LogP contribution < -0.4 is 11.1 Å². The summed E-state index contributed by atoms with van der Waals surface area (Å²) in [6.45, 7) is 12.9. The molecule has 12 heteroatoms. The number of ether oxygens (including phenoxy) is 3. The Hall–Kier alpha value is -3.32. The fourth-order valence-electron chi connectivity index (χ4n) is 5.60. The molecular weight excluding hydrogens is 510 g/mol. The molecule has 214 valence electrons. The predicted molar refractivity (Wildman–Crippen MR) is 153 cm³/mol. The SMILES string of the molecule is CN(CCCNc1nc2ccc(C(C)(C)C)cc2[nH]1)C[C@H]1OC(n2cnc3c(N)ncnc32)[C@@H]2OC(C)(C)O[C@H]12. The van der Waals surface area contributed by atoms with Gasteiger partial charge in [0.1, 0.15) is 30.2 Å². The Morgan fingerprint density at radius 1 is 1.15 bits per heavy atom. The van der Waals surface area contributed by atoms with Crippen molar-refractivity contribution in [3.8, 4) is 0 Å². The second-order valence-corrected chi connectivity index (χ2v) is 12.3. The lowest BCUT2D eigenvalue weighted by Gasteiger charge is -2.27. The van der Waals surface area contributed by atoms with Crippen LogP contribution >= 0.6 is 0 Å². The zero-order chi connectivity index (χ0) is 28.2. The summed E-state index contributed by atoms with van der Waals surface area (Å²) in [5, 5.41) is 3.43. The molecule has 4 aromatic rings. The van der Waals surface area contributed by atoms with E-state index < -0.39 is 12.0 Å². The highest BCUT2D eigenvalue weighted by Crippen LogP contribution is 2.44. The maximum atomic E-state index is 6.53. The average molecular weight is 550 g/mol. The number of nitrogens with zero attached hydrogens (tertiary/aromatic N) is 6. The first-order valence-electron chi connectivity index (χ1n) is 13.9. The molecular formula is C28H39N9O3. The molecule has 2 saturated heterocycles. The third-order valence-corrected chi connectivity index (χ3v) is 7.64. The second kappa shape index (κ2) is 9.95. The monoisotopic (exact) mass is 549 g/mol. The van der Waals surface area contributed by atoms with Gasteiger partial charge in [0.15, 0.2) is 23.5 Å². The Balaban J connectivity index is 1.06. The fourth-order valence-corrected chi connectivity index (χ4v) is 5.60. The number of aromatic nitrogens is 6. The largest absolute Gasteiger partial charge is 0.382 e. The zero-order valence-corrected chi connectivity index (χ0v) is 24.0. The molecule has 2 aliphatic rings. The van der Waals surface area contributed by atoms with Gasteiger partial charge in [0.2, 0.25) is 5.95 Å². The van der Waals surface area contributed by atoms with E-state index in [0.29, 0.717) is 23.5 Å². The van der Waals surface area contributed by atoms with Crippen molar-refractivity contribution in [1.29, 1.82) is 0 Å². The lowest BCUT2D eigenvalue weighted by atomic mass is 9.87. The van der Waals surface area contributed by atoms with Crippen LogP contribution in [-0.2, 0) is 19.6 Å². The first-order valence-corrected chi connectivity index (χ1v) is 13.9. The number of H-pyrrole nitrogens is 1. The number of hydrogen-bond acceptors (Lipinski definition) is 10. The molecule has 0 saturated carbocycles. The Morgan fingerprint density at radius 2 is 1.95 bits per heavy atom. The normalized spacial score (nSPS) is 24.4. The predicted octanol–water partition coefficient (Wildman–Crippen LogP) is 3.43. The number of benzene rings is 1. The smallest absolute Gasteiger partial charge is 0.201 e. The summed E-state index contributed by atoms with van der Waals surface area (Å²) in [7, 11) is 2.10. The maximum Gasteiger partial charge on any atom is 0.201 e. The fraction of sp³-hybridized carbons (Fsp3) is 0.571. The van der Waals surface area contributed by atoms with Gasteiger partial charge >= 0.3 is 0 Å². The molecule has 0 aliphatic carbocycles. The van der Waals surface area contributed by atoms with Crippen molar-refractivity contribution in [3.05, 3.63) is 36.4 Å². The van der Waals surface area contributed by atoms with Gasteiger partial charge in [-0.3, -0.25) is 4.57 Å².